The van der Waals surface area contributed by atoms with E-state index in [4.69, 9.17) is 28.8 Å². The molecule has 0 unspecified atom stereocenters. The van der Waals surface area contributed by atoms with Crippen LogP contribution in [-0.2, 0) is 11.2 Å². The first-order chi connectivity index (χ1) is 14.5. The van der Waals surface area contributed by atoms with E-state index >= 15 is 0 Å². The summed E-state index contributed by atoms with van der Waals surface area (Å²) in [6, 6.07) is 21.2. The van der Waals surface area contributed by atoms with E-state index in [1.165, 1.54) is 10.3 Å². The molecule has 0 aliphatic carbocycles. The number of nitrogens with zero attached hydrogens (tertiary/aromatic N) is 1. The number of hydrogen-bond donors (Lipinski definition) is 2. The SMILES string of the molecule is Cc1ccc2nc(-c3ccc(NC(=S)NC(=O)Cc4ccc(Cl)cc4)cc3)sc2c1. The lowest BCUT2D eigenvalue weighted by Crippen LogP contribution is -2.35. The standard InChI is InChI=1S/C23H18ClN3OS2/c1-14-2-11-19-20(12-14)30-22(26-19)16-5-9-18(10-6-16)25-23(29)27-21(28)13-15-3-7-17(24)8-4-15/h2-12H,13H2,1H3,(H2,25,27,28,29). The number of nitrogens with one attached hydrogen (secondary N) is 2. The van der Waals surface area contributed by atoms with Gasteiger partial charge in [-0.15, -0.1) is 11.3 Å². The second-order valence-corrected chi connectivity index (χ2v) is 8.75. The molecule has 0 bridgehead atoms. The van der Waals surface area contributed by atoms with Crippen LogP contribution in [0.5, 0.6) is 0 Å². The number of carbonyl (C=O) groups is 1. The zero-order valence-corrected chi connectivity index (χ0v) is 18.5. The van der Waals surface area contributed by atoms with Crippen LogP contribution in [0.4, 0.5) is 5.69 Å². The number of aromatic nitrogens is 1. The van der Waals surface area contributed by atoms with Crippen LogP contribution >= 0.6 is 35.2 Å². The number of thiazole rings is 1. The first-order valence-electron chi connectivity index (χ1n) is 9.29. The number of halogens is 1. The number of rotatable bonds is 4. The summed E-state index contributed by atoms with van der Waals surface area (Å²) in [7, 11) is 0. The molecule has 0 aliphatic rings. The molecular formula is C23H18ClN3OS2. The van der Waals surface area contributed by atoms with Gasteiger partial charge in [0, 0.05) is 16.3 Å². The molecule has 3 aromatic carbocycles. The zero-order chi connectivity index (χ0) is 21.1. The first-order valence-corrected chi connectivity index (χ1v) is 10.9. The molecule has 2 N–H and O–H groups in total. The van der Waals surface area contributed by atoms with Gasteiger partial charge in [0.1, 0.15) is 5.01 Å². The number of fused-ring (bicyclic) bond motifs is 1. The maximum Gasteiger partial charge on any atom is 0.230 e. The molecule has 1 aromatic heterocycles. The monoisotopic (exact) mass is 451 g/mol. The minimum Gasteiger partial charge on any atom is -0.332 e. The first kappa shape index (κ1) is 20.5. The average molecular weight is 452 g/mol. The van der Waals surface area contributed by atoms with Gasteiger partial charge in [-0.05, 0) is 78.8 Å². The van der Waals surface area contributed by atoms with Gasteiger partial charge in [-0.3, -0.25) is 4.79 Å². The summed E-state index contributed by atoms with van der Waals surface area (Å²) in [5, 5.41) is 7.61. The molecule has 0 radical (unpaired) electrons. The van der Waals surface area contributed by atoms with Crippen molar-refractivity contribution in [1.82, 2.24) is 10.3 Å². The van der Waals surface area contributed by atoms with Crippen LogP contribution in [0, 0.1) is 6.92 Å². The van der Waals surface area contributed by atoms with Crippen LogP contribution in [-0.4, -0.2) is 16.0 Å². The molecule has 150 valence electrons. The molecule has 0 saturated heterocycles. The summed E-state index contributed by atoms with van der Waals surface area (Å²) in [4.78, 5) is 16.9. The number of carbonyl (C=O) groups excluding carboxylic acids is 1. The summed E-state index contributed by atoms with van der Waals surface area (Å²) in [5.74, 6) is -0.184. The van der Waals surface area contributed by atoms with E-state index in [0.29, 0.717) is 5.02 Å². The van der Waals surface area contributed by atoms with E-state index in [0.717, 1.165) is 27.3 Å². The third-order valence-electron chi connectivity index (χ3n) is 4.46. The molecule has 0 atom stereocenters. The van der Waals surface area contributed by atoms with Crippen molar-refractivity contribution >= 4 is 62.1 Å². The van der Waals surface area contributed by atoms with Gasteiger partial charge in [0.15, 0.2) is 5.11 Å². The molecule has 1 heterocycles. The van der Waals surface area contributed by atoms with Gasteiger partial charge in [-0.1, -0.05) is 29.8 Å². The van der Waals surface area contributed by atoms with Crippen molar-refractivity contribution in [2.24, 2.45) is 0 Å². The molecule has 0 saturated carbocycles. The Kier molecular flexibility index (Phi) is 6.08. The summed E-state index contributed by atoms with van der Waals surface area (Å²) in [5.41, 5.74) is 4.94. The van der Waals surface area contributed by atoms with Gasteiger partial charge < -0.3 is 10.6 Å². The lowest BCUT2D eigenvalue weighted by molar-refractivity contribution is -0.119. The number of anilines is 1. The van der Waals surface area contributed by atoms with Crippen LogP contribution < -0.4 is 10.6 Å². The highest BCUT2D eigenvalue weighted by Crippen LogP contribution is 2.31. The van der Waals surface area contributed by atoms with Crippen LogP contribution in [0.1, 0.15) is 11.1 Å². The van der Waals surface area contributed by atoms with Gasteiger partial charge in [0.2, 0.25) is 5.91 Å². The Bertz CT molecular complexity index is 1220. The highest BCUT2D eigenvalue weighted by atomic mass is 35.5. The number of amides is 1. The molecule has 1 amide bonds. The second-order valence-electron chi connectivity index (χ2n) is 6.87. The van der Waals surface area contributed by atoms with Crippen molar-refractivity contribution in [3.05, 3.63) is 82.9 Å². The Hall–Kier alpha value is -2.80. The minimum atomic E-state index is -0.184. The van der Waals surface area contributed by atoms with Crippen LogP contribution in [0.3, 0.4) is 0 Å². The molecule has 4 rings (SSSR count). The van der Waals surface area contributed by atoms with Gasteiger partial charge in [0.05, 0.1) is 16.6 Å². The fourth-order valence-electron chi connectivity index (χ4n) is 2.97. The highest BCUT2D eigenvalue weighted by molar-refractivity contribution is 7.80. The smallest absolute Gasteiger partial charge is 0.230 e. The zero-order valence-electron chi connectivity index (χ0n) is 16.1. The van der Waals surface area contributed by atoms with E-state index in [1.54, 1.807) is 23.5 Å². The molecule has 4 nitrogen and oxygen atoms in total. The Morgan fingerprint density at radius 1 is 1.07 bits per heavy atom. The van der Waals surface area contributed by atoms with Crippen molar-refractivity contribution in [2.45, 2.75) is 13.3 Å². The normalized spacial score (nSPS) is 10.7. The minimum absolute atomic E-state index is 0.184. The van der Waals surface area contributed by atoms with Crippen molar-refractivity contribution in [2.75, 3.05) is 5.32 Å². The third-order valence-corrected chi connectivity index (χ3v) is 5.99. The van der Waals surface area contributed by atoms with E-state index in [1.807, 2.05) is 42.5 Å². The summed E-state index contributed by atoms with van der Waals surface area (Å²) in [6.45, 7) is 2.08. The Morgan fingerprint density at radius 3 is 2.53 bits per heavy atom. The highest BCUT2D eigenvalue weighted by Gasteiger charge is 2.09. The maximum absolute atomic E-state index is 12.2. The van der Waals surface area contributed by atoms with Gasteiger partial charge >= 0.3 is 0 Å². The molecule has 7 heteroatoms. The predicted molar refractivity (Wildman–Crippen MR) is 129 cm³/mol. The van der Waals surface area contributed by atoms with Gasteiger partial charge in [0.25, 0.3) is 0 Å². The van der Waals surface area contributed by atoms with Crippen molar-refractivity contribution in [3.63, 3.8) is 0 Å². The van der Waals surface area contributed by atoms with Crippen LogP contribution in [0.15, 0.2) is 66.7 Å². The largest absolute Gasteiger partial charge is 0.332 e. The Labute approximate surface area is 188 Å². The summed E-state index contributed by atoms with van der Waals surface area (Å²) < 4.78 is 1.18. The number of hydrogen-bond acceptors (Lipinski definition) is 4. The summed E-state index contributed by atoms with van der Waals surface area (Å²) in [6.07, 6.45) is 0.231. The molecule has 4 aromatic rings. The maximum atomic E-state index is 12.2. The fraction of sp³-hybridized carbons (Fsp3) is 0.0870. The van der Waals surface area contributed by atoms with Gasteiger partial charge in [-0.25, -0.2) is 4.98 Å². The topological polar surface area (TPSA) is 54.0 Å². The van der Waals surface area contributed by atoms with E-state index in [2.05, 4.69) is 29.7 Å². The lowest BCUT2D eigenvalue weighted by Gasteiger charge is -2.10. The van der Waals surface area contributed by atoms with Crippen molar-refractivity contribution in [3.8, 4) is 10.6 Å². The quantitative estimate of drug-likeness (QED) is 0.375. The lowest BCUT2D eigenvalue weighted by atomic mass is 10.1. The number of thiocarbonyl (C=S) groups is 1. The number of benzene rings is 3. The summed E-state index contributed by atoms with van der Waals surface area (Å²) >= 11 is 12.8. The predicted octanol–water partition coefficient (Wildman–Crippen LogP) is 5.98. The molecule has 0 fully saturated rings. The fourth-order valence-corrected chi connectivity index (χ4v) is 4.40. The van der Waals surface area contributed by atoms with Crippen LogP contribution in [0.25, 0.3) is 20.8 Å². The molecule has 0 aliphatic heterocycles. The van der Waals surface area contributed by atoms with E-state index in [9.17, 15) is 4.79 Å². The average Bonchev–Trinajstić information content (AvgIpc) is 3.13. The van der Waals surface area contributed by atoms with Crippen molar-refractivity contribution in [1.29, 1.82) is 0 Å². The Morgan fingerprint density at radius 2 is 1.80 bits per heavy atom. The van der Waals surface area contributed by atoms with Crippen molar-refractivity contribution < 1.29 is 4.79 Å². The molecule has 30 heavy (non-hydrogen) atoms. The molecular weight excluding hydrogens is 434 g/mol. The Balaban J connectivity index is 1.37. The van der Waals surface area contributed by atoms with E-state index < -0.39 is 0 Å². The second kappa shape index (κ2) is 8.92. The number of aryl methyl sites for hydroxylation is 1. The molecule has 0 spiro atoms. The van der Waals surface area contributed by atoms with E-state index in [-0.39, 0.29) is 17.4 Å². The third kappa shape index (κ3) is 5.02. The van der Waals surface area contributed by atoms with Gasteiger partial charge in [-0.2, -0.15) is 0 Å². The van der Waals surface area contributed by atoms with Crippen LogP contribution in [0.2, 0.25) is 5.02 Å².